The minimum Gasteiger partial charge on any atom is -0.495 e. The zero-order valence-electron chi connectivity index (χ0n) is 17.6. The van der Waals surface area contributed by atoms with Gasteiger partial charge in [-0.25, -0.2) is 8.42 Å². The number of carbonyl (C=O) groups excluding carboxylic acids is 1. The monoisotopic (exact) mass is 419 g/mol. The molecule has 7 nitrogen and oxygen atoms in total. The van der Waals surface area contributed by atoms with E-state index in [1.165, 1.54) is 23.5 Å². The molecule has 1 amide bonds. The van der Waals surface area contributed by atoms with Crippen molar-refractivity contribution in [2.45, 2.75) is 32.6 Å². The van der Waals surface area contributed by atoms with Crippen LogP contribution >= 0.6 is 0 Å². The third-order valence-corrected chi connectivity index (χ3v) is 6.67. The fourth-order valence-corrected chi connectivity index (χ4v) is 4.44. The number of methoxy groups -OCH3 is 1. The van der Waals surface area contributed by atoms with Crippen LogP contribution in [0, 0.1) is 13.8 Å². The standard InChI is InChI=1S/C21H29N3O4S/c1-6-24(7-2)29(26,27)17-10-11-20(28-5)19(13-17)23-21(25)14-22-18-12-15(3)8-9-16(18)4/h8-13,22H,6-7,14H2,1-5H3,(H,23,25). The Kier molecular flexibility index (Phi) is 7.64. The third-order valence-electron chi connectivity index (χ3n) is 4.62. The first-order valence-corrected chi connectivity index (χ1v) is 11.0. The number of anilines is 2. The molecule has 2 rings (SSSR count). The van der Waals surface area contributed by atoms with E-state index in [4.69, 9.17) is 4.74 Å². The van der Waals surface area contributed by atoms with Crippen LogP contribution in [0.15, 0.2) is 41.3 Å². The lowest BCUT2D eigenvalue weighted by molar-refractivity contribution is -0.114. The van der Waals surface area contributed by atoms with Crippen molar-refractivity contribution in [1.29, 1.82) is 0 Å². The second-order valence-electron chi connectivity index (χ2n) is 6.67. The molecule has 0 saturated carbocycles. The van der Waals surface area contributed by atoms with Crippen LogP contribution < -0.4 is 15.4 Å². The summed E-state index contributed by atoms with van der Waals surface area (Å²) in [6.45, 7) is 8.29. The Morgan fingerprint density at radius 3 is 2.34 bits per heavy atom. The molecule has 0 heterocycles. The van der Waals surface area contributed by atoms with E-state index < -0.39 is 10.0 Å². The maximum atomic E-state index is 12.8. The van der Waals surface area contributed by atoms with Crippen LogP contribution in [0.4, 0.5) is 11.4 Å². The van der Waals surface area contributed by atoms with Crippen molar-refractivity contribution >= 4 is 27.3 Å². The summed E-state index contributed by atoms with van der Waals surface area (Å²) in [6.07, 6.45) is 0. The molecule has 0 saturated heterocycles. The Morgan fingerprint density at radius 2 is 1.72 bits per heavy atom. The molecule has 0 aliphatic heterocycles. The number of hydrogen-bond donors (Lipinski definition) is 2. The molecule has 2 N–H and O–H groups in total. The first-order chi connectivity index (χ1) is 13.7. The molecule has 158 valence electrons. The molecule has 0 aliphatic carbocycles. The predicted octanol–water partition coefficient (Wildman–Crippen LogP) is 3.39. The molecular weight excluding hydrogens is 390 g/mol. The normalized spacial score (nSPS) is 11.4. The summed E-state index contributed by atoms with van der Waals surface area (Å²) in [5.74, 6) is 0.0881. The van der Waals surface area contributed by atoms with Gasteiger partial charge in [0.05, 0.1) is 24.2 Å². The minimum atomic E-state index is -3.64. The number of hydrogen-bond acceptors (Lipinski definition) is 5. The number of sulfonamides is 1. The number of benzene rings is 2. The summed E-state index contributed by atoms with van der Waals surface area (Å²) < 4.78 is 32.2. The Bertz CT molecular complexity index is 970. The average molecular weight is 420 g/mol. The molecule has 0 aliphatic rings. The van der Waals surface area contributed by atoms with Gasteiger partial charge in [-0.05, 0) is 49.2 Å². The first-order valence-electron chi connectivity index (χ1n) is 9.52. The van der Waals surface area contributed by atoms with Gasteiger partial charge in [-0.15, -0.1) is 0 Å². The topological polar surface area (TPSA) is 87.7 Å². The molecule has 0 atom stereocenters. The molecule has 0 aromatic heterocycles. The van der Waals surface area contributed by atoms with Crippen molar-refractivity contribution in [3.63, 3.8) is 0 Å². The van der Waals surface area contributed by atoms with Gasteiger partial charge in [-0.3, -0.25) is 4.79 Å². The van der Waals surface area contributed by atoms with Crippen molar-refractivity contribution in [1.82, 2.24) is 4.31 Å². The quantitative estimate of drug-likeness (QED) is 0.650. The molecule has 8 heteroatoms. The lowest BCUT2D eigenvalue weighted by Crippen LogP contribution is -2.30. The van der Waals surface area contributed by atoms with Gasteiger partial charge in [0.2, 0.25) is 15.9 Å². The van der Waals surface area contributed by atoms with E-state index in [1.54, 1.807) is 19.9 Å². The van der Waals surface area contributed by atoms with E-state index in [9.17, 15) is 13.2 Å². The number of carbonyl (C=O) groups is 1. The first kappa shape index (κ1) is 22.7. The lowest BCUT2D eigenvalue weighted by atomic mass is 10.1. The molecule has 2 aromatic rings. The highest BCUT2D eigenvalue weighted by molar-refractivity contribution is 7.89. The molecule has 0 bridgehead atoms. The molecule has 29 heavy (non-hydrogen) atoms. The summed E-state index contributed by atoms with van der Waals surface area (Å²) in [4.78, 5) is 12.6. The second kappa shape index (κ2) is 9.76. The molecule has 0 radical (unpaired) electrons. The highest BCUT2D eigenvalue weighted by atomic mass is 32.2. The zero-order chi connectivity index (χ0) is 21.6. The van der Waals surface area contributed by atoms with Crippen LogP contribution in [0.25, 0.3) is 0 Å². The number of aryl methyl sites for hydroxylation is 2. The van der Waals surface area contributed by atoms with Gasteiger partial charge >= 0.3 is 0 Å². The fraction of sp³-hybridized carbons (Fsp3) is 0.381. The molecular formula is C21H29N3O4S. The van der Waals surface area contributed by atoms with E-state index >= 15 is 0 Å². The van der Waals surface area contributed by atoms with Crippen LogP contribution in [0.3, 0.4) is 0 Å². The van der Waals surface area contributed by atoms with E-state index in [0.29, 0.717) is 24.5 Å². The van der Waals surface area contributed by atoms with Gasteiger partial charge < -0.3 is 15.4 Å². The Labute approximate surface area is 173 Å². The highest BCUT2D eigenvalue weighted by Crippen LogP contribution is 2.29. The molecule has 0 unspecified atom stereocenters. The van der Waals surface area contributed by atoms with E-state index in [2.05, 4.69) is 10.6 Å². The van der Waals surface area contributed by atoms with Crippen LogP contribution in [0.2, 0.25) is 0 Å². The molecule has 0 spiro atoms. The van der Waals surface area contributed by atoms with Gasteiger partial charge in [-0.1, -0.05) is 26.0 Å². The predicted molar refractivity (Wildman–Crippen MR) is 116 cm³/mol. The van der Waals surface area contributed by atoms with Crippen molar-refractivity contribution in [3.8, 4) is 5.75 Å². The van der Waals surface area contributed by atoms with E-state index in [1.807, 2.05) is 32.0 Å². The van der Waals surface area contributed by atoms with E-state index in [0.717, 1.165) is 16.8 Å². The van der Waals surface area contributed by atoms with E-state index in [-0.39, 0.29) is 17.3 Å². The minimum absolute atomic E-state index is 0.0421. The van der Waals surface area contributed by atoms with Gasteiger partial charge in [0.25, 0.3) is 0 Å². The fourth-order valence-electron chi connectivity index (χ4n) is 2.95. The maximum Gasteiger partial charge on any atom is 0.243 e. The zero-order valence-corrected chi connectivity index (χ0v) is 18.4. The largest absolute Gasteiger partial charge is 0.495 e. The van der Waals surface area contributed by atoms with Gasteiger partial charge in [0.15, 0.2) is 0 Å². The smallest absolute Gasteiger partial charge is 0.243 e. The van der Waals surface area contributed by atoms with Crippen molar-refractivity contribution in [2.75, 3.05) is 37.4 Å². The Morgan fingerprint density at radius 1 is 1.03 bits per heavy atom. The maximum absolute atomic E-state index is 12.8. The lowest BCUT2D eigenvalue weighted by Gasteiger charge is -2.19. The van der Waals surface area contributed by atoms with Crippen LogP contribution in [-0.2, 0) is 14.8 Å². The summed E-state index contributed by atoms with van der Waals surface area (Å²) in [5, 5.41) is 5.86. The average Bonchev–Trinajstić information content (AvgIpc) is 2.69. The number of nitrogens with zero attached hydrogens (tertiary/aromatic N) is 1. The SMILES string of the molecule is CCN(CC)S(=O)(=O)c1ccc(OC)c(NC(=O)CNc2cc(C)ccc2C)c1. The summed E-state index contributed by atoms with van der Waals surface area (Å²) in [7, 11) is -2.17. The number of rotatable bonds is 9. The van der Waals surface area contributed by atoms with Crippen molar-refractivity contribution in [3.05, 3.63) is 47.5 Å². The number of nitrogens with one attached hydrogen (secondary N) is 2. The summed E-state index contributed by atoms with van der Waals surface area (Å²) >= 11 is 0. The molecule has 0 fully saturated rings. The molecule has 2 aromatic carbocycles. The van der Waals surface area contributed by atoms with Crippen molar-refractivity contribution < 1.29 is 17.9 Å². The van der Waals surface area contributed by atoms with Crippen LogP contribution in [-0.4, -0.2) is 45.4 Å². The highest BCUT2D eigenvalue weighted by Gasteiger charge is 2.23. The summed E-state index contributed by atoms with van der Waals surface area (Å²) in [6, 6.07) is 10.4. The Balaban J connectivity index is 2.20. The van der Waals surface area contributed by atoms with Gasteiger partial charge in [0.1, 0.15) is 5.75 Å². The third kappa shape index (κ3) is 5.48. The number of amides is 1. The van der Waals surface area contributed by atoms with Gasteiger partial charge in [-0.2, -0.15) is 4.31 Å². The number of ether oxygens (including phenoxy) is 1. The van der Waals surface area contributed by atoms with Crippen molar-refractivity contribution in [2.24, 2.45) is 0 Å². The van der Waals surface area contributed by atoms with Gasteiger partial charge in [0, 0.05) is 18.8 Å². The summed E-state index contributed by atoms with van der Waals surface area (Å²) in [5.41, 5.74) is 3.32. The Hall–Kier alpha value is -2.58. The second-order valence-corrected chi connectivity index (χ2v) is 8.61. The van der Waals surface area contributed by atoms with Crippen LogP contribution in [0.1, 0.15) is 25.0 Å². The van der Waals surface area contributed by atoms with Crippen LogP contribution in [0.5, 0.6) is 5.75 Å².